The summed E-state index contributed by atoms with van der Waals surface area (Å²) in [4.78, 5) is 12.1. The van der Waals surface area contributed by atoms with E-state index < -0.39 is 5.41 Å². The van der Waals surface area contributed by atoms with Crippen LogP contribution in [0.25, 0.3) is 0 Å². The molecule has 0 radical (unpaired) electrons. The molecule has 1 fully saturated rings. The average Bonchev–Trinajstić information content (AvgIpc) is 2.32. The number of rotatable bonds is 4. The van der Waals surface area contributed by atoms with Crippen LogP contribution in [0.5, 0.6) is 0 Å². The molecule has 6 nitrogen and oxygen atoms in total. The summed E-state index contributed by atoms with van der Waals surface area (Å²) < 4.78 is 5.33. The fraction of sp³-hybridized carbons (Fsp3) is 0.833. The number of hydrogen-bond acceptors (Lipinski definition) is 4. The first-order valence-electron chi connectivity index (χ1n) is 5.99. The normalized spacial score (nSPS) is 27.5. The van der Waals surface area contributed by atoms with E-state index >= 15 is 0 Å². The number of nitrogens with two attached hydrogens (primary N) is 1. The Bertz CT molecular complexity index is 364. The number of ether oxygens (including phenoxy) is 1. The van der Waals surface area contributed by atoms with Gasteiger partial charge in [-0.2, -0.15) is 0 Å². The summed E-state index contributed by atoms with van der Waals surface area (Å²) in [6, 6.07) is 0.0423. The summed E-state index contributed by atoms with van der Waals surface area (Å²) in [6.07, 6.45) is 0.927. The molecule has 0 aromatic carbocycles. The SMILES string of the molecule is COC1CC(NC(=O)C(C)(C)C(N)=NO)C1(C)C. The van der Waals surface area contributed by atoms with Crippen LogP contribution in [-0.2, 0) is 9.53 Å². The summed E-state index contributed by atoms with van der Waals surface area (Å²) in [6.45, 7) is 7.34. The molecule has 6 heteroatoms. The van der Waals surface area contributed by atoms with Gasteiger partial charge in [-0.25, -0.2) is 0 Å². The lowest BCUT2D eigenvalue weighted by Crippen LogP contribution is -2.64. The second-order valence-electron chi connectivity index (χ2n) is 5.92. The van der Waals surface area contributed by atoms with Gasteiger partial charge in [0.25, 0.3) is 0 Å². The summed E-state index contributed by atoms with van der Waals surface area (Å²) >= 11 is 0. The molecule has 0 saturated heterocycles. The van der Waals surface area contributed by atoms with Crippen LogP contribution in [-0.4, -0.2) is 36.2 Å². The fourth-order valence-electron chi connectivity index (χ4n) is 2.11. The van der Waals surface area contributed by atoms with E-state index in [9.17, 15) is 4.79 Å². The highest BCUT2D eigenvalue weighted by Crippen LogP contribution is 2.42. The van der Waals surface area contributed by atoms with Gasteiger partial charge in [0.05, 0.1) is 6.10 Å². The van der Waals surface area contributed by atoms with Gasteiger partial charge in [-0.3, -0.25) is 4.79 Å². The number of carbonyl (C=O) groups is 1. The summed E-state index contributed by atoms with van der Waals surface area (Å²) in [7, 11) is 1.67. The monoisotopic (exact) mass is 257 g/mol. The van der Waals surface area contributed by atoms with E-state index in [0.29, 0.717) is 0 Å². The molecule has 0 heterocycles. The number of carbonyl (C=O) groups excluding carboxylic acids is 1. The third-order valence-corrected chi connectivity index (χ3v) is 4.08. The van der Waals surface area contributed by atoms with E-state index in [0.717, 1.165) is 6.42 Å². The molecule has 104 valence electrons. The number of amides is 1. The molecule has 2 atom stereocenters. The average molecular weight is 257 g/mol. The Kier molecular flexibility index (Phi) is 3.90. The Morgan fingerprint density at radius 1 is 1.56 bits per heavy atom. The van der Waals surface area contributed by atoms with Crippen molar-refractivity contribution >= 4 is 11.7 Å². The largest absolute Gasteiger partial charge is 0.409 e. The van der Waals surface area contributed by atoms with Crippen LogP contribution < -0.4 is 11.1 Å². The van der Waals surface area contributed by atoms with Crippen molar-refractivity contribution in [3.63, 3.8) is 0 Å². The minimum Gasteiger partial charge on any atom is -0.409 e. The van der Waals surface area contributed by atoms with Gasteiger partial charge in [0.1, 0.15) is 5.41 Å². The zero-order chi connectivity index (χ0) is 14.1. The predicted octanol–water partition coefficient (Wildman–Crippen LogP) is 0.689. The molecule has 1 amide bonds. The number of oxime groups is 1. The van der Waals surface area contributed by atoms with Crippen LogP contribution in [0.2, 0.25) is 0 Å². The highest BCUT2D eigenvalue weighted by atomic mass is 16.5. The summed E-state index contributed by atoms with van der Waals surface area (Å²) in [5, 5.41) is 14.5. The second-order valence-corrected chi connectivity index (χ2v) is 5.92. The molecule has 0 aromatic heterocycles. The van der Waals surface area contributed by atoms with E-state index in [2.05, 4.69) is 10.5 Å². The smallest absolute Gasteiger partial charge is 0.233 e. The quantitative estimate of drug-likeness (QED) is 0.299. The molecule has 0 bridgehead atoms. The molecule has 1 saturated carbocycles. The number of amidine groups is 1. The molecule has 1 aliphatic carbocycles. The fourth-order valence-corrected chi connectivity index (χ4v) is 2.11. The zero-order valence-electron chi connectivity index (χ0n) is 11.7. The van der Waals surface area contributed by atoms with Gasteiger partial charge in [0.2, 0.25) is 5.91 Å². The molecular weight excluding hydrogens is 234 g/mol. The van der Waals surface area contributed by atoms with Crippen LogP contribution in [0.3, 0.4) is 0 Å². The van der Waals surface area contributed by atoms with Gasteiger partial charge in [-0.05, 0) is 20.3 Å². The molecule has 18 heavy (non-hydrogen) atoms. The minimum atomic E-state index is -1.02. The van der Waals surface area contributed by atoms with Crippen molar-refractivity contribution in [2.24, 2.45) is 21.7 Å². The minimum absolute atomic E-state index is 0.0423. The molecule has 0 aromatic rings. The van der Waals surface area contributed by atoms with Gasteiger partial charge in [0.15, 0.2) is 5.84 Å². The molecule has 2 unspecified atom stereocenters. The molecule has 1 rings (SSSR count). The van der Waals surface area contributed by atoms with Crippen LogP contribution in [0.4, 0.5) is 0 Å². The number of nitrogens with zero attached hydrogens (tertiary/aromatic N) is 1. The van der Waals surface area contributed by atoms with Gasteiger partial charge in [-0.15, -0.1) is 0 Å². The second kappa shape index (κ2) is 4.76. The zero-order valence-corrected chi connectivity index (χ0v) is 11.7. The lowest BCUT2D eigenvalue weighted by atomic mass is 9.64. The van der Waals surface area contributed by atoms with E-state index in [4.69, 9.17) is 15.7 Å². The van der Waals surface area contributed by atoms with Crippen molar-refractivity contribution in [1.29, 1.82) is 0 Å². The predicted molar refractivity (Wildman–Crippen MR) is 68.3 cm³/mol. The van der Waals surface area contributed by atoms with Crippen molar-refractivity contribution in [2.45, 2.75) is 46.3 Å². The number of methoxy groups -OCH3 is 1. The van der Waals surface area contributed by atoms with Crippen LogP contribution in [0, 0.1) is 10.8 Å². The maximum atomic E-state index is 12.1. The summed E-state index contributed by atoms with van der Waals surface area (Å²) in [5.74, 6) is -0.342. The van der Waals surface area contributed by atoms with E-state index in [1.165, 1.54) is 0 Å². The highest BCUT2D eigenvalue weighted by Gasteiger charge is 2.50. The lowest BCUT2D eigenvalue weighted by Gasteiger charge is -2.51. The first-order chi connectivity index (χ1) is 8.17. The number of nitrogens with one attached hydrogen (secondary N) is 1. The third-order valence-electron chi connectivity index (χ3n) is 4.08. The molecule has 1 aliphatic rings. The van der Waals surface area contributed by atoms with Crippen molar-refractivity contribution in [1.82, 2.24) is 5.32 Å². The van der Waals surface area contributed by atoms with E-state index in [1.54, 1.807) is 21.0 Å². The Labute approximate surface area is 108 Å². The lowest BCUT2D eigenvalue weighted by molar-refractivity contribution is -0.137. The maximum Gasteiger partial charge on any atom is 0.233 e. The third kappa shape index (κ3) is 2.29. The van der Waals surface area contributed by atoms with Crippen molar-refractivity contribution in [2.75, 3.05) is 7.11 Å². The molecular formula is C12H23N3O3. The van der Waals surface area contributed by atoms with Gasteiger partial charge < -0.3 is 21.0 Å². The number of hydrogen-bond donors (Lipinski definition) is 3. The van der Waals surface area contributed by atoms with Crippen molar-refractivity contribution in [3.05, 3.63) is 0 Å². The summed E-state index contributed by atoms with van der Waals surface area (Å²) in [5.41, 5.74) is 4.39. The van der Waals surface area contributed by atoms with Gasteiger partial charge in [0, 0.05) is 18.6 Å². The molecule has 0 spiro atoms. The Morgan fingerprint density at radius 3 is 2.50 bits per heavy atom. The van der Waals surface area contributed by atoms with Gasteiger partial charge in [-0.1, -0.05) is 19.0 Å². The van der Waals surface area contributed by atoms with Crippen molar-refractivity contribution < 1.29 is 14.7 Å². The van der Waals surface area contributed by atoms with Crippen LogP contribution >= 0.6 is 0 Å². The standard InChI is InChI=1S/C12H23N3O3/c1-11(2)7(6-8(11)18-5)14-10(16)12(3,4)9(13)15-17/h7-8,17H,6H2,1-5H3,(H2,13,15)(H,14,16). The van der Waals surface area contributed by atoms with Crippen LogP contribution in [0.15, 0.2) is 5.16 Å². The molecule has 4 N–H and O–H groups in total. The van der Waals surface area contributed by atoms with E-state index in [1.807, 2.05) is 13.8 Å². The Hall–Kier alpha value is -1.30. The molecule has 0 aliphatic heterocycles. The van der Waals surface area contributed by atoms with E-state index in [-0.39, 0.29) is 29.3 Å². The Morgan fingerprint density at radius 2 is 2.11 bits per heavy atom. The first-order valence-corrected chi connectivity index (χ1v) is 5.99. The van der Waals surface area contributed by atoms with Crippen LogP contribution in [0.1, 0.15) is 34.1 Å². The van der Waals surface area contributed by atoms with Gasteiger partial charge >= 0.3 is 0 Å². The van der Waals surface area contributed by atoms with Crippen molar-refractivity contribution in [3.8, 4) is 0 Å². The topological polar surface area (TPSA) is 96.9 Å². The first kappa shape index (κ1) is 14.8. The highest BCUT2D eigenvalue weighted by molar-refractivity contribution is 6.06. The maximum absolute atomic E-state index is 12.1. The Balaban J connectivity index is 2.68.